The van der Waals surface area contributed by atoms with Crippen molar-refractivity contribution in [2.24, 2.45) is 0 Å². The molecule has 2 aromatic heterocycles. The van der Waals surface area contributed by atoms with Gasteiger partial charge in [-0.3, -0.25) is 4.79 Å². The van der Waals surface area contributed by atoms with Crippen LogP contribution in [-0.4, -0.2) is 62.0 Å². The number of anilines is 2. The number of carbonyl (C=O) groups is 1. The van der Waals surface area contributed by atoms with E-state index >= 15 is 0 Å². The van der Waals surface area contributed by atoms with Crippen molar-refractivity contribution in [2.75, 3.05) is 39.9 Å². The zero-order chi connectivity index (χ0) is 31.5. The van der Waals surface area contributed by atoms with E-state index in [2.05, 4.69) is 30.8 Å². The van der Waals surface area contributed by atoms with E-state index in [1.54, 1.807) is 44.8 Å². The normalized spacial score (nSPS) is 8.82. The van der Waals surface area contributed by atoms with Crippen LogP contribution in [0.1, 0.15) is 1.43 Å². The molecule has 13 nitrogen and oxygen atoms in total. The third-order valence-corrected chi connectivity index (χ3v) is 5.74. The number of pyridine rings is 2. The van der Waals surface area contributed by atoms with Crippen LogP contribution in [0.15, 0.2) is 77.5 Å². The molecule has 17 heteroatoms. The minimum atomic E-state index is -1.55. The summed E-state index contributed by atoms with van der Waals surface area (Å²) in [4.78, 5) is 19.1. The number of ether oxygens (including phenoxy) is 4. The molecule has 0 atom stereocenters. The minimum Gasteiger partial charge on any atom is -1.00 e. The molecule has 4 aromatic rings. The summed E-state index contributed by atoms with van der Waals surface area (Å²) in [5, 5.41) is 26.4. The Balaban J connectivity index is -0.000000562. The van der Waals surface area contributed by atoms with Crippen LogP contribution in [0.2, 0.25) is 0 Å². The first-order valence-corrected chi connectivity index (χ1v) is 12.6. The number of nitrogens with two attached hydrogens (primary N) is 2. The zero-order valence-electron chi connectivity index (χ0n) is 26.3. The number of nitrogens with zero attached hydrogens (tertiary/aromatic N) is 2. The zero-order valence-corrected chi connectivity index (χ0v) is 30.8. The molecule has 0 unspecified atom stereocenters. The van der Waals surface area contributed by atoms with Gasteiger partial charge in [-0.1, -0.05) is 24.3 Å². The quantitative estimate of drug-likeness (QED) is 0.0628. The van der Waals surface area contributed by atoms with Crippen molar-refractivity contribution in [3.05, 3.63) is 77.5 Å². The molecular weight excluding hydrogens is 661 g/mol. The predicted molar refractivity (Wildman–Crippen MR) is 161 cm³/mol. The maximum Gasteiger partial charge on any atom is 1.00 e. The number of methoxy groups -OCH3 is 4. The molecule has 2 aromatic carbocycles. The van der Waals surface area contributed by atoms with Gasteiger partial charge in [0.15, 0.2) is 23.0 Å². The van der Waals surface area contributed by atoms with Crippen LogP contribution in [0, 0.1) is 0 Å². The molecule has 4 rings (SSSR count). The van der Waals surface area contributed by atoms with E-state index < -0.39 is 7.12 Å². The smallest absolute Gasteiger partial charge is 1.00 e. The second-order valence-corrected chi connectivity index (χ2v) is 8.35. The van der Waals surface area contributed by atoms with E-state index in [-0.39, 0.29) is 67.0 Å². The molecule has 0 amide bonds. The van der Waals surface area contributed by atoms with Gasteiger partial charge in [0.25, 0.3) is 6.47 Å². The molecule has 0 saturated heterocycles. The Kier molecular flexibility index (Phi) is 24.5. The van der Waals surface area contributed by atoms with E-state index in [1.807, 2.05) is 42.5 Å². The Morgan fingerprint density at radius 2 is 1.25 bits per heavy atom. The fourth-order valence-electron chi connectivity index (χ4n) is 3.26. The number of benzene rings is 2. The Hall–Kier alpha value is -2.57. The number of aromatic nitrogens is 2. The van der Waals surface area contributed by atoms with Crippen LogP contribution in [0.5, 0.6) is 23.0 Å². The molecule has 0 bridgehead atoms. The third kappa shape index (κ3) is 14.0. The van der Waals surface area contributed by atoms with Gasteiger partial charge in [0.05, 0.1) is 32.9 Å². The summed E-state index contributed by atoms with van der Waals surface area (Å²) in [6.45, 7) is -0.181. The molecule has 0 aliphatic rings. The van der Waals surface area contributed by atoms with Crippen LogP contribution in [-0.2, 0) is 9.68 Å². The molecule has 0 aliphatic carbocycles. The predicted octanol–water partition coefficient (Wildman–Crippen LogP) is -4.29. The van der Waals surface area contributed by atoms with Gasteiger partial charge in [0, 0.05) is 29.0 Å². The summed E-state index contributed by atoms with van der Waals surface area (Å²) in [5.41, 5.74) is 13.2. The fourth-order valence-corrected chi connectivity index (χ4v) is 3.51. The van der Waals surface area contributed by atoms with Crippen molar-refractivity contribution >= 4 is 46.6 Å². The second-order valence-electron chi connectivity index (χ2n) is 7.50. The summed E-state index contributed by atoms with van der Waals surface area (Å²) in [6.07, 6.45) is 3.31. The van der Waals surface area contributed by atoms with E-state index in [9.17, 15) is 0 Å². The number of hydrogen-bond donors (Lipinski definition) is 4. The summed E-state index contributed by atoms with van der Waals surface area (Å²) in [7, 11) is 4.60. The van der Waals surface area contributed by atoms with Crippen LogP contribution >= 0.6 is 15.9 Å². The van der Waals surface area contributed by atoms with Gasteiger partial charge in [-0.2, -0.15) is 0 Å². The molecule has 0 spiro atoms. The Bertz CT molecular complexity index is 1380. The van der Waals surface area contributed by atoms with Crippen LogP contribution < -0.4 is 100 Å². The molecule has 44 heavy (non-hydrogen) atoms. The first-order valence-electron chi connectivity index (χ1n) is 11.8. The first kappa shape index (κ1) is 43.6. The molecular formula is C27H32BBrN4Na2O9. The van der Waals surface area contributed by atoms with Gasteiger partial charge in [0.1, 0.15) is 11.6 Å². The Morgan fingerprint density at radius 3 is 1.66 bits per heavy atom. The number of halogens is 1. The SMILES string of the molecule is COc1cccc(-c2cccnc2N)c1OC.COc1cccc(B(O)O)c1OC.Nc1ncccc1Br.O=CO[O-].[H-].[Na+].[Na+]. The molecule has 226 valence electrons. The fraction of sp³-hybridized carbons (Fsp3) is 0.148. The van der Waals surface area contributed by atoms with E-state index in [0.717, 1.165) is 15.6 Å². The van der Waals surface area contributed by atoms with Crippen molar-refractivity contribution in [3.8, 4) is 34.1 Å². The standard InChI is InChI=1S/C13H14N2O2.C8H11BO4.C5H5BrN2.CH2O3.2Na.H/c1-16-11-7-3-5-9(12(11)17-2)10-6-4-8-15-13(10)14;1-12-7-5-3-4-6(9(10)11)8(7)13-2;6-4-2-1-3-8-5(4)7;2-1-4-3;;;/h3-8H,1-2H3,(H2,14,15);3-5,10-11H,1-2H3;1-3H,(H2,7,8);1,3H;;;/q;;;;2*+1;-1/p-1. The Labute approximate surface area is 310 Å². The number of hydrogen-bond acceptors (Lipinski definition) is 13. The molecule has 0 saturated carbocycles. The number of rotatable bonds is 7. The van der Waals surface area contributed by atoms with Crippen molar-refractivity contribution in [2.45, 2.75) is 0 Å². The minimum absolute atomic E-state index is 0. The van der Waals surface area contributed by atoms with E-state index in [0.29, 0.717) is 40.1 Å². The molecule has 0 fully saturated rings. The van der Waals surface area contributed by atoms with E-state index in [4.69, 9.17) is 50.5 Å². The van der Waals surface area contributed by atoms with Crippen LogP contribution in [0.3, 0.4) is 0 Å². The molecule has 6 N–H and O–H groups in total. The van der Waals surface area contributed by atoms with Crippen molar-refractivity contribution in [1.29, 1.82) is 0 Å². The molecule has 0 radical (unpaired) electrons. The van der Waals surface area contributed by atoms with Gasteiger partial charge in [-0.25, -0.2) is 9.97 Å². The molecule has 2 heterocycles. The first-order chi connectivity index (χ1) is 20.2. The number of para-hydroxylation sites is 2. The van der Waals surface area contributed by atoms with Crippen molar-refractivity contribution < 1.29 is 104 Å². The van der Waals surface area contributed by atoms with Gasteiger partial charge < -0.3 is 52.0 Å². The topological polar surface area (TPSA) is 205 Å². The van der Waals surface area contributed by atoms with Gasteiger partial charge in [-0.15, -0.1) is 0 Å². The number of carbonyl (C=O) groups excluding carboxylic acids is 1. The maximum absolute atomic E-state index is 8.98. The largest absolute Gasteiger partial charge is 1.00 e. The van der Waals surface area contributed by atoms with Crippen molar-refractivity contribution in [3.63, 3.8) is 0 Å². The monoisotopic (exact) mass is 692 g/mol. The third-order valence-electron chi connectivity index (χ3n) is 5.07. The number of nitrogen functional groups attached to an aromatic ring is 2. The average Bonchev–Trinajstić information content (AvgIpc) is 3.02. The summed E-state index contributed by atoms with van der Waals surface area (Å²) in [5.74, 6) is 3.17. The molecule has 0 aliphatic heterocycles. The summed E-state index contributed by atoms with van der Waals surface area (Å²) in [6, 6.07) is 18.0. The second kappa shape index (κ2) is 24.7. The van der Waals surface area contributed by atoms with Gasteiger partial charge in [-0.05, 0) is 52.3 Å². The Morgan fingerprint density at radius 1 is 0.773 bits per heavy atom. The van der Waals surface area contributed by atoms with E-state index in [1.165, 1.54) is 14.2 Å². The van der Waals surface area contributed by atoms with Gasteiger partial charge in [0.2, 0.25) is 0 Å². The maximum atomic E-state index is 8.98. The summed E-state index contributed by atoms with van der Waals surface area (Å²) >= 11 is 3.21. The van der Waals surface area contributed by atoms with Gasteiger partial charge >= 0.3 is 66.2 Å². The summed E-state index contributed by atoms with van der Waals surface area (Å²) < 4.78 is 21.4. The van der Waals surface area contributed by atoms with Crippen LogP contribution in [0.4, 0.5) is 11.6 Å². The average molecular weight is 693 g/mol. The van der Waals surface area contributed by atoms with Crippen molar-refractivity contribution in [1.82, 2.24) is 9.97 Å². The van der Waals surface area contributed by atoms with Crippen LogP contribution in [0.25, 0.3) is 11.1 Å².